The lowest BCUT2D eigenvalue weighted by atomic mass is 10.2. The predicted molar refractivity (Wildman–Crippen MR) is 91.0 cm³/mol. The Morgan fingerprint density at radius 3 is 2.96 bits per heavy atom. The van der Waals surface area contributed by atoms with E-state index in [0.29, 0.717) is 33.9 Å². The lowest BCUT2D eigenvalue weighted by Gasteiger charge is -2.06. The second-order valence-corrected chi connectivity index (χ2v) is 6.45. The number of nitrogens with one attached hydrogen (secondary N) is 1. The molecule has 23 heavy (non-hydrogen) atoms. The third kappa shape index (κ3) is 4.10. The van der Waals surface area contributed by atoms with Gasteiger partial charge in [-0.2, -0.15) is 4.98 Å². The lowest BCUT2D eigenvalue weighted by molar-refractivity contribution is -0.116. The number of aromatic nitrogens is 2. The van der Waals surface area contributed by atoms with Crippen LogP contribution >= 0.6 is 34.5 Å². The molecule has 0 aliphatic heterocycles. The van der Waals surface area contributed by atoms with Crippen LogP contribution in [0.5, 0.6) is 0 Å². The summed E-state index contributed by atoms with van der Waals surface area (Å²) in [6.07, 6.45) is 0.553. The number of hydrogen-bond donors (Lipinski definition) is 1. The SMILES string of the molecule is O=C(CCc1nc(-c2cccs2)no1)Nc1cc(Cl)ccc1Cl. The Kier molecular flexibility index (Phi) is 4.95. The van der Waals surface area contributed by atoms with Crippen molar-refractivity contribution in [2.45, 2.75) is 12.8 Å². The molecule has 0 saturated heterocycles. The van der Waals surface area contributed by atoms with Gasteiger partial charge in [0.1, 0.15) is 0 Å². The minimum Gasteiger partial charge on any atom is -0.339 e. The summed E-state index contributed by atoms with van der Waals surface area (Å²) in [5.41, 5.74) is 0.481. The molecule has 0 aliphatic rings. The van der Waals surface area contributed by atoms with Crippen LogP contribution in [-0.4, -0.2) is 16.0 Å². The minimum atomic E-state index is -0.204. The molecule has 8 heteroatoms. The van der Waals surface area contributed by atoms with E-state index in [0.717, 1.165) is 4.88 Å². The normalized spacial score (nSPS) is 10.7. The van der Waals surface area contributed by atoms with E-state index in [1.54, 1.807) is 18.2 Å². The van der Waals surface area contributed by atoms with Gasteiger partial charge >= 0.3 is 0 Å². The van der Waals surface area contributed by atoms with Gasteiger partial charge in [-0.15, -0.1) is 11.3 Å². The molecule has 118 valence electrons. The molecule has 2 aromatic heterocycles. The summed E-state index contributed by atoms with van der Waals surface area (Å²) in [5, 5.41) is 9.48. The summed E-state index contributed by atoms with van der Waals surface area (Å²) in [5.74, 6) is 0.749. The lowest BCUT2D eigenvalue weighted by Crippen LogP contribution is -2.12. The molecule has 0 saturated carbocycles. The second-order valence-electron chi connectivity index (χ2n) is 4.66. The molecular formula is C15H11Cl2N3O2S. The van der Waals surface area contributed by atoms with Crippen LogP contribution < -0.4 is 5.32 Å². The quantitative estimate of drug-likeness (QED) is 0.710. The van der Waals surface area contributed by atoms with Crippen molar-refractivity contribution in [1.29, 1.82) is 0 Å². The van der Waals surface area contributed by atoms with Crippen LogP contribution in [-0.2, 0) is 11.2 Å². The van der Waals surface area contributed by atoms with Crippen LogP contribution in [0.15, 0.2) is 40.2 Å². The van der Waals surface area contributed by atoms with Crippen LogP contribution in [0.2, 0.25) is 10.0 Å². The van der Waals surface area contributed by atoms with Crippen molar-refractivity contribution in [3.05, 3.63) is 51.6 Å². The Morgan fingerprint density at radius 2 is 2.17 bits per heavy atom. The van der Waals surface area contributed by atoms with Gasteiger partial charge in [-0.25, -0.2) is 0 Å². The van der Waals surface area contributed by atoms with Crippen LogP contribution in [0.25, 0.3) is 10.7 Å². The first kappa shape index (κ1) is 16.0. The molecule has 0 atom stereocenters. The molecule has 3 aromatic rings. The molecule has 1 N–H and O–H groups in total. The van der Waals surface area contributed by atoms with E-state index >= 15 is 0 Å². The fraction of sp³-hybridized carbons (Fsp3) is 0.133. The molecule has 0 aliphatic carbocycles. The van der Waals surface area contributed by atoms with Crippen molar-refractivity contribution in [2.24, 2.45) is 0 Å². The van der Waals surface area contributed by atoms with E-state index in [-0.39, 0.29) is 12.3 Å². The van der Waals surface area contributed by atoms with Gasteiger partial charge in [0.15, 0.2) is 0 Å². The third-order valence-corrected chi connectivity index (χ3v) is 4.41. The molecule has 0 fully saturated rings. The monoisotopic (exact) mass is 367 g/mol. The van der Waals surface area contributed by atoms with Crippen molar-refractivity contribution in [2.75, 3.05) is 5.32 Å². The standard InChI is InChI=1S/C15H11Cl2N3O2S/c16-9-3-4-10(17)11(8-9)18-13(21)5-6-14-19-15(20-22-14)12-2-1-7-23-12/h1-4,7-8H,5-6H2,(H,18,21). The third-order valence-electron chi connectivity index (χ3n) is 2.98. The Hall–Kier alpha value is -1.89. The zero-order chi connectivity index (χ0) is 16.2. The number of nitrogens with zero attached hydrogens (tertiary/aromatic N) is 2. The van der Waals surface area contributed by atoms with Crippen molar-refractivity contribution in [3.8, 4) is 10.7 Å². The Bertz CT molecular complexity index is 818. The van der Waals surface area contributed by atoms with Crippen LogP contribution in [0, 0.1) is 0 Å². The smallest absolute Gasteiger partial charge is 0.227 e. The average Bonchev–Trinajstić information content (AvgIpc) is 3.19. The second kappa shape index (κ2) is 7.12. The van der Waals surface area contributed by atoms with Crippen LogP contribution in [0.1, 0.15) is 12.3 Å². The highest BCUT2D eigenvalue weighted by Crippen LogP contribution is 2.25. The first-order valence-electron chi connectivity index (χ1n) is 6.73. The number of aryl methyl sites for hydroxylation is 1. The minimum absolute atomic E-state index is 0.203. The van der Waals surface area contributed by atoms with E-state index in [1.807, 2.05) is 17.5 Å². The van der Waals surface area contributed by atoms with Gasteiger partial charge in [-0.3, -0.25) is 4.79 Å². The van der Waals surface area contributed by atoms with E-state index in [1.165, 1.54) is 11.3 Å². The molecule has 2 heterocycles. The van der Waals surface area contributed by atoms with E-state index in [4.69, 9.17) is 27.7 Å². The maximum absolute atomic E-state index is 12.0. The number of anilines is 1. The topological polar surface area (TPSA) is 68.0 Å². The number of hydrogen-bond acceptors (Lipinski definition) is 5. The molecule has 0 radical (unpaired) electrons. The largest absolute Gasteiger partial charge is 0.339 e. The van der Waals surface area contributed by atoms with Crippen LogP contribution in [0.3, 0.4) is 0 Å². The van der Waals surface area contributed by atoms with Crippen LogP contribution in [0.4, 0.5) is 5.69 Å². The van der Waals surface area contributed by atoms with Crippen molar-refractivity contribution >= 4 is 46.1 Å². The summed E-state index contributed by atoms with van der Waals surface area (Å²) in [6.45, 7) is 0. The zero-order valence-corrected chi connectivity index (χ0v) is 14.1. The predicted octanol–water partition coefficient (Wildman–Crippen LogP) is 4.68. The number of carbonyl (C=O) groups excluding carboxylic acids is 1. The molecule has 5 nitrogen and oxygen atoms in total. The van der Waals surface area contributed by atoms with Gasteiger partial charge in [0, 0.05) is 17.9 Å². The first-order valence-corrected chi connectivity index (χ1v) is 8.37. The Morgan fingerprint density at radius 1 is 1.30 bits per heavy atom. The Balaban J connectivity index is 1.58. The molecule has 3 rings (SSSR count). The number of amides is 1. The number of rotatable bonds is 5. The maximum Gasteiger partial charge on any atom is 0.227 e. The Labute approximate surface area is 146 Å². The van der Waals surface area contributed by atoms with Gasteiger partial charge in [0.2, 0.25) is 17.6 Å². The molecule has 0 unspecified atom stereocenters. The summed E-state index contributed by atoms with van der Waals surface area (Å²) in [6, 6.07) is 8.71. The zero-order valence-electron chi connectivity index (χ0n) is 11.8. The fourth-order valence-electron chi connectivity index (χ4n) is 1.89. The maximum atomic E-state index is 12.0. The van der Waals surface area contributed by atoms with Gasteiger partial charge in [0.05, 0.1) is 15.6 Å². The number of carbonyl (C=O) groups is 1. The molecule has 0 spiro atoms. The number of thiophene rings is 1. The van der Waals surface area contributed by atoms with E-state index in [2.05, 4.69) is 15.5 Å². The number of benzene rings is 1. The molecular weight excluding hydrogens is 357 g/mol. The summed E-state index contributed by atoms with van der Waals surface area (Å²) in [4.78, 5) is 17.2. The van der Waals surface area contributed by atoms with Gasteiger partial charge in [0.25, 0.3) is 0 Å². The average molecular weight is 368 g/mol. The van der Waals surface area contributed by atoms with Gasteiger partial charge < -0.3 is 9.84 Å². The van der Waals surface area contributed by atoms with E-state index < -0.39 is 0 Å². The molecule has 1 amide bonds. The van der Waals surface area contributed by atoms with Crippen molar-refractivity contribution in [3.63, 3.8) is 0 Å². The highest BCUT2D eigenvalue weighted by molar-refractivity contribution is 7.13. The van der Waals surface area contributed by atoms with E-state index in [9.17, 15) is 4.79 Å². The van der Waals surface area contributed by atoms with Gasteiger partial charge in [-0.1, -0.05) is 34.4 Å². The highest BCUT2D eigenvalue weighted by atomic mass is 35.5. The fourth-order valence-corrected chi connectivity index (χ4v) is 2.87. The molecule has 1 aromatic carbocycles. The first-order chi connectivity index (χ1) is 11.1. The van der Waals surface area contributed by atoms with Crippen molar-refractivity contribution < 1.29 is 9.32 Å². The van der Waals surface area contributed by atoms with Crippen molar-refractivity contribution in [1.82, 2.24) is 10.1 Å². The summed E-state index contributed by atoms with van der Waals surface area (Å²) in [7, 11) is 0. The number of halogens is 2. The molecule has 0 bridgehead atoms. The summed E-state index contributed by atoms with van der Waals surface area (Å²) < 4.78 is 5.15. The summed E-state index contributed by atoms with van der Waals surface area (Å²) >= 11 is 13.4. The van der Waals surface area contributed by atoms with Gasteiger partial charge in [-0.05, 0) is 29.6 Å². The highest BCUT2D eigenvalue weighted by Gasteiger charge is 2.12.